The number of carbonyl (C=O) groups is 2. The second-order valence-corrected chi connectivity index (χ2v) is 3.91. The van der Waals surface area contributed by atoms with Gasteiger partial charge >= 0.3 is 5.97 Å². The number of carbonyl (C=O) groups excluding carboxylic acids is 1. The monoisotopic (exact) mass is 264 g/mol. The van der Waals surface area contributed by atoms with Gasteiger partial charge in [0.1, 0.15) is 0 Å². The van der Waals surface area contributed by atoms with E-state index < -0.39 is 30.3 Å². The fourth-order valence-corrected chi connectivity index (χ4v) is 1.42. The maximum atomic E-state index is 11.0. The molecule has 0 aliphatic carbocycles. The molecule has 0 heterocycles. The van der Waals surface area contributed by atoms with Crippen LogP contribution < -0.4 is 11.1 Å². The SMILES string of the molecule is NCCCCCC(NC(=O)C(O)O)C(O)C(=O)O. The molecule has 2 atom stereocenters. The van der Waals surface area contributed by atoms with E-state index in [2.05, 4.69) is 5.32 Å². The van der Waals surface area contributed by atoms with Crippen molar-refractivity contribution in [3.05, 3.63) is 0 Å². The number of rotatable bonds is 9. The Balaban J connectivity index is 4.33. The maximum Gasteiger partial charge on any atom is 0.334 e. The van der Waals surface area contributed by atoms with E-state index in [1.165, 1.54) is 0 Å². The minimum Gasteiger partial charge on any atom is -0.479 e. The normalized spacial score (nSPS) is 14.3. The lowest BCUT2D eigenvalue weighted by Gasteiger charge is -2.21. The molecule has 0 aliphatic rings. The molecule has 7 N–H and O–H groups in total. The first-order valence-electron chi connectivity index (χ1n) is 5.67. The molecule has 0 saturated heterocycles. The molecule has 0 saturated carbocycles. The molecule has 2 unspecified atom stereocenters. The predicted octanol–water partition coefficient (Wildman–Crippen LogP) is -2.25. The molecular weight excluding hydrogens is 244 g/mol. The lowest BCUT2D eigenvalue weighted by Crippen LogP contribution is -2.49. The average Bonchev–Trinajstić information content (AvgIpc) is 2.31. The fourth-order valence-electron chi connectivity index (χ4n) is 1.42. The Bertz CT molecular complexity index is 271. The average molecular weight is 264 g/mol. The first kappa shape index (κ1) is 16.8. The molecule has 0 fully saturated rings. The van der Waals surface area contributed by atoms with Crippen LogP contribution >= 0.6 is 0 Å². The number of unbranched alkanes of at least 4 members (excludes halogenated alkanes) is 2. The third kappa shape index (κ3) is 6.50. The number of nitrogens with one attached hydrogen (secondary N) is 1. The number of carboxylic acid groups (broad SMARTS) is 1. The van der Waals surface area contributed by atoms with Crippen LogP contribution in [-0.4, -0.2) is 57.3 Å². The van der Waals surface area contributed by atoms with Crippen LogP contribution in [0.5, 0.6) is 0 Å². The van der Waals surface area contributed by atoms with Gasteiger partial charge in [0.15, 0.2) is 6.10 Å². The standard InChI is InChI=1S/C10H20N2O6/c11-5-3-1-2-4-6(7(13)9(15)16)12-8(14)10(17)18/h6-7,10,13,17-18H,1-5,11H2,(H,12,14)(H,15,16). The van der Waals surface area contributed by atoms with Gasteiger partial charge in [-0.05, 0) is 19.4 Å². The molecule has 0 bridgehead atoms. The minimum atomic E-state index is -2.24. The number of hydrogen-bond acceptors (Lipinski definition) is 6. The summed E-state index contributed by atoms with van der Waals surface area (Å²) in [5.74, 6) is -2.62. The molecule has 0 aromatic heterocycles. The van der Waals surface area contributed by atoms with Crippen molar-refractivity contribution in [1.29, 1.82) is 0 Å². The van der Waals surface area contributed by atoms with Crippen LogP contribution in [0.4, 0.5) is 0 Å². The van der Waals surface area contributed by atoms with Gasteiger partial charge in [0, 0.05) is 0 Å². The molecule has 0 rings (SSSR count). The Labute approximate surface area is 104 Å². The zero-order valence-electron chi connectivity index (χ0n) is 9.95. The van der Waals surface area contributed by atoms with Crippen molar-refractivity contribution < 1.29 is 30.0 Å². The van der Waals surface area contributed by atoms with Crippen LogP contribution in [-0.2, 0) is 9.59 Å². The second kappa shape index (κ2) is 8.81. The van der Waals surface area contributed by atoms with Crippen LogP contribution in [0.2, 0.25) is 0 Å². The Kier molecular flexibility index (Phi) is 8.21. The van der Waals surface area contributed by atoms with Crippen molar-refractivity contribution in [2.75, 3.05) is 6.54 Å². The fraction of sp³-hybridized carbons (Fsp3) is 0.800. The highest BCUT2D eigenvalue weighted by Crippen LogP contribution is 2.07. The van der Waals surface area contributed by atoms with Crippen LogP contribution in [0.15, 0.2) is 0 Å². The maximum absolute atomic E-state index is 11.0. The van der Waals surface area contributed by atoms with E-state index in [9.17, 15) is 14.7 Å². The van der Waals surface area contributed by atoms with Gasteiger partial charge in [0.2, 0.25) is 6.29 Å². The molecule has 1 amide bonds. The molecule has 0 aliphatic heterocycles. The van der Waals surface area contributed by atoms with Gasteiger partial charge in [0.05, 0.1) is 6.04 Å². The molecule has 0 aromatic rings. The van der Waals surface area contributed by atoms with Gasteiger partial charge in [-0.1, -0.05) is 12.8 Å². The van der Waals surface area contributed by atoms with Crippen molar-refractivity contribution in [2.24, 2.45) is 5.73 Å². The van der Waals surface area contributed by atoms with E-state index in [1.807, 2.05) is 0 Å². The van der Waals surface area contributed by atoms with E-state index >= 15 is 0 Å². The zero-order valence-corrected chi connectivity index (χ0v) is 9.95. The first-order chi connectivity index (χ1) is 8.40. The van der Waals surface area contributed by atoms with Crippen molar-refractivity contribution in [3.63, 3.8) is 0 Å². The molecule has 106 valence electrons. The van der Waals surface area contributed by atoms with Crippen molar-refractivity contribution in [3.8, 4) is 0 Å². The molecule has 0 aromatic carbocycles. The van der Waals surface area contributed by atoms with E-state index in [4.69, 9.17) is 21.1 Å². The number of aliphatic carboxylic acids is 1. The highest BCUT2D eigenvalue weighted by atomic mass is 16.5. The molecule has 8 nitrogen and oxygen atoms in total. The lowest BCUT2D eigenvalue weighted by atomic mass is 10.0. The van der Waals surface area contributed by atoms with Crippen molar-refractivity contribution in [1.82, 2.24) is 5.32 Å². The van der Waals surface area contributed by atoms with Gasteiger partial charge in [-0.15, -0.1) is 0 Å². The highest BCUT2D eigenvalue weighted by molar-refractivity contribution is 5.80. The number of aliphatic hydroxyl groups is 3. The molecule has 18 heavy (non-hydrogen) atoms. The van der Waals surface area contributed by atoms with E-state index in [-0.39, 0.29) is 6.42 Å². The number of carboxylic acids is 1. The number of aliphatic hydroxyl groups excluding tert-OH is 2. The molecule has 0 radical (unpaired) electrons. The van der Waals surface area contributed by atoms with Crippen LogP contribution in [0, 0.1) is 0 Å². The topological polar surface area (TPSA) is 153 Å². The van der Waals surface area contributed by atoms with Gasteiger partial charge in [0.25, 0.3) is 5.91 Å². The van der Waals surface area contributed by atoms with Gasteiger partial charge < -0.3 is 31.5 Å². The van der Waals surface area contributed by atoms with Crippen LogP contribution in [0.1, 0.15) is 25.7 Å². The number of amides is 1. The first-order valence-corrected chi connectivity index (χ1v) is 5.67. The summed E-state index contributed by atoms with van der Waals surface area (Å²) in [4.78, 5) is 21.7. The quantitative estimate of drug-likeness (QED) is 0.203. The largest absolute Gasteiger partial charge is 0.479 e. The third-order valence-corrected chi connectivity index (χ3v) is 2.42. The lowest BCUT2D eigenvalue weighted by molar-refractivity contribution is -0.153. The summed E-state index contributed by atoms with van der Waals surface area (Å²) in [6, 6.07) is -1.06. The minimum absolute atomic E-state index is 0.214. The summed E-state index contributed by atoms with van der Waals surface area (Å²) < 4.78 is 0. The number of nitrogens with two attached hydrogens (primary N) is 1. The summed E-state index contributed by atoms with van der Waals surface area (Å²) >= 11 is 0. The van der Waals surface area contributed by atoms with Crippen molar-refractivity contribution >= 4 is 11.9 Å². The Morgan fingerprint density at radius 3 is 2.17 bits per heavy atom. The Morgan fingerprint density at radius 1 is 1.11 bits per heavy atom. The second-order valence-electron chi connectivity index (χ2n) is 3.91. The van der Waals surface area contributed by atoms with Gasteiger partial charge in [-0.2, -0.15) is 0 Å². The van der Waals surface area contributed by atoms with Gasteiger partial charge in [-0.25, -0.2) is 4.79 Å². The number of hydrogen-bond donors (Lipinski definition) is 6. The summed E-state index contributed by atoms with van der Waals surface area (Å²) in [5.41, 5.74) is 5.29. The van der Waals surface area contributed by atoms with E-state index in [0.717, 1.165) is 12.8 Å². The van der Waals surface area contributed by atoms with Crippen LogP contribution in [0.3, 0.4) is 0 Å². The van der Waals surface area contributed by atoms with Crippen molar-refractivity contribution in [2.45, 2.75) is 44.1 Å². The van der Waals surface area contributed by atoms with Crippen LogP contribution in [0.25, 0.3) is 0 Å². The molecule has 8 heteroatoms. The summed E-state index contributed by atoms with van der Waals surface area (Å²) in [5, 5.41) is 37.3. The predicted molar refractivity (Wildman–Crippen MR) is 61.3 cm³/mol. The summed E-state index contributed by atoms with van der Waals surface area (Å²) in [6.07, 6.45) is -1.76. The summed E-state index contributed by atoms with van der Waals surface area (Å²) in [6.45, 7) is 0.508. The molecular formula is C10H20N2O6. The van der Waals surface area contributed by atoms with E-state index in [0.29, 0.717) is 13.0 Å². The Morgan fingerprint density at radius 2 is 1.72 bits per heavy atom. The zero-order chi connectivity index (χ0) is 14.1. The molecule has 0 spiro atoms. The van der Waals surface area contributed by atoms with E-state index in [1.54, 1.807) is 0 Å². The van der Waals surface area contributed by atoms with Gasteiger partial charge in [-0.3, -0.25) is 4.79 Å². The highest BCUT2D eigenvalue weighted by Gasteiger charge is 2.28. The smallest absolute Gasteiger partial charge is 0.334 e. The summed E-state index contributed by atoms with van der Waals surface area (Å²) in [7, 11) is 0. The third-order valence-electron chi connectivity index (χ3n) is 2.42. The Hall–Kier alpha value is -1.22.